The van der Waals surface area contributed by atoms with E-state index in [4.69, 9.17) is 25.2 Å². The molecule has 4 heterocycles. The molecule has 1 amide bonds. The first-order valence-corrected chi connectivity index (χ1v) is 14.5. The molecule has 0 aromatic carbocycles. The lowest BCUT2D eigenvalue weighted by Crippen LogP contribution is -2.46. The van der Waals surface area contributed by atoms with Crippen LogP contribution in [0.4, 0.5) is 5.00 Å². The number of hydrogen-bond acceptors (Lipinski definition) is 10. The van der Waals surface area contributed by atoms with Gasteiger partial charge in [-0.3, -0.25) is 19.4 Å². The number of carboxylic acids is 3. The third-order valence-corrected chi connectivity index (χ3v) is 8.25. The molecule has 0 atom stereocenters. The molecule has 0 spiro atoms. The lowest BCUT2D eigenvalue weighted by atomic mass is 9.96. The van der Waals surface area contributed by atoms with Crippen molar-refractivity contribution in [2.75, 3.05) is 44.3 Å². The second kappa shape index (κ2) is 15.0. The van der Waals surface area contributed by atoms with Crippen molar-refractivity contribution in [3.05, 3.63) is 35.3 Å². The van der Waals surface area contributed by atoms with Gasteiger partial charge in [0.1, 0.15) is 5.00 Å². The summed E-state index contributed by atoms with van der Waals surface area (Å²) in [5.74, 6) is -4.98. The Kier molecular flexibility index (Phi) is 11.8. The second-order valence-corrected chi connectivity index (χ2v) is 11.5. The first kappa shape index (κ1) is 32.9. The fourth-order valence-corrected chi connectivity index (χ4v) is 5.85. The number of rotatable bonds is 10. The van der Waals surface area contributed by atoms with E-state index in [0.717, 1.165) is 73.4 Å². The van der Waals surface area contributed by atoms with Crippen LogP contribution >= 0.6 is 11.3 Å². The number of carbonyl (C=O) groups is 4. The number of aliphatic hydroxyl groups is 1. The quantitative estimate of drug-likeness (QED) is 0.265. The number of carbonyl (C=O) groups excluding carboxylic acids is 1. The van der Waals surface area contributed by atoms with Gasteiger partial charge in [-0.15, -0.1) is 11.3 Å². The van der Waals surface area contributed by atoms with E-state index in [1.54, 1.807) is 17.5 Å². The van der Waals surface area contributed by atoms with Crippen LogP contribution in [0.15, 0.2) is 30.5 Å². The Balaban J connectivity index is 0.000000316. The maximum absolute atomic E-state index is 13.0. The summed E-state index contributed by atoms with van der Waals surface area (Å²) in [5, 5.41) is 38.2. The van der Waals surface area contributed by atoms with Crippen molar-refractivity contribution in [1.29, 1.82) is 0 Å². The fourth-order valence-electron chi connectivity index (χ4n) is 4.73. The first-order chi connectivity index (χ1) is 19.9. The molecule has 14 heteroatoms. The predicted molar refractivity (Wildman–Crippen MR) is 155 cm³/mol. The van der Waals surface area contributed by atoms with Crippen LogP contribution in [0.3, 0.4) is 0 Å². The van der Waals surface area contributed by atoms with E-state index in [0.29, 0.717) is 6.04 Å². The molecule has 42 heavy (non-hydrogen) atoms. The summed E-state index contributed by atoms with van der Waals surface area (Å²) in [6.07, 6.45) is 1.54. The number of carboxylic acid groups (broad SMARTS) is 3. The SMILES string of the molecule is CC(C)N1CCC(NC(=O)c2cc(-c3ccccn3)c(N3CCOCC3)s2)CC1.O=C(O)CC(O)(CC(=O)O)C(=O)O. The molecule has 2 fully saturated rings. The Bertz CT molecular complexity index is 1210. The van der Waals surface area contributed by atoms with Gasteiger partial charge in [0, 0.05) is 50.0 Å². The van der Waals surface area contributed by atoms with Gasteiger partial charge < -0.3 is 40.3 Å². The van der Waals surface area contributed by atoms with Gasteiger partial charge in [0.15, 0.2) is 5.60 Å². The van der Waals surface area contributed by atoms with Crippen LogP contribution < -0.4 is 10.2 Å². The summed E-state index contributed by atoms with van der Waals surface area (Å²) in [4.78, 5) is 53.6. The minimum absolute atomic E-state index is 0.0367. The van der Waals surface area contributed by atoms with Crippen molar-refractivity contribution in [3.8, 4) is 11.3 Å². The Morgan fingerprint density at radius 2 is 1.67 bits per heavy atom. The number of anilines is 1. The summed E-state index contributed by atoms with van der Waals surface area (Å²) >= 11 is 1.57. The summed E-state index contributed by atoms with van der Waals surface area (Å²) in [6, 6.07) is 8.75. The molecule has 2 aromatic rings. The van der Waals surface area contributed by atoms with E-state index in [1.165, 1.54) is 0 Å². The van der Waals surface area contributed by atoms with Gasteiger partial charge in [0.25, 0.3) is 5.91 Å². The summed E-state index contributed by atoms with van der Waals surface area (Å²) in [5.41, 5.74) is -0.788. The Morgan fingerprint density at radius 1 is 1.05 bits per heavy atom. The van der Waals surface area contributed by atoms with Crippen LogP contribution in [0.25, 0.3) is 11.3 Å². The Labute approximate surface area is 247 Å². The molecular formula is C28H38N4O9S. The van der Waals surface area contributed by atoms with Gasteiger partial charge in [0.05, 0.1) is 36.6 Å². The topological polar surface area (TPSA) is 190 Å². The number of aliphatic carboxylic acids is 3. The number of amides is 1. The number of thiophene rings is 1. The molecule has 13 nitrogen and oxygen atoms in total. The van der Waals surface area contributed by atoms with Crippen LogP contribution in [0, 0.1) is 0 Å². The molecule has 4 rings (SSSR count). The second-order valence-electron chi connectivity index (χ2n) is 10.5. The molecule has 2 aliphatic rings. The van der Waals surface area contributed by atoms with Gasteiger partial charge in [-0.25, -0.2) is 4.79 Å². The highest BCUT2D eigenvalue weighted by molar-refractivity contribution is 7.18. The summed E-state index contributed by atoms with van der Waals surface area (Å²) < 4.78 is 5.51. The fraction of sp³-hybridized carbons (Fsp3) is 0.536. The van der Waals surface area contributed by atoms with E-state index < -0.39 is 36.4 Å². The van der Waals surface area contributed by atoms with E-state index >= 15 is 0 Å². The third kappa shape index (κ3) is 9.21. The van der Waals surface area contributed by atoms with E-state index in [1.807, 2.05) is 24.3 Å². The predicted octanol–water partition coefficient (Wildman–Crippen LogP) is 2.00. The van der Waals surface area contributed by atoms with E-state index in [-0.39, 0.29) is 11.9 Å². The molecule has 2 aromatic heterocycles. The maximum atomic E-state index is 13.0. The maximum Gasteiger partial charge on any atom is 0.336 e. The standard InChI is InChI=1S/C22H30N4O2S.C6H8O7/c1-16(2)25-9-6-17(7-10-25)24-21(27)20-15-18(19-5-3-4-8-23-19)22(29-20)26-11-13-28-14-12-26;7-3(8)1-6(13,5(11)12)2-4(9)10/h3-5,8,15-17H,6-7,9-14H2,1-2H3,(H,24,27);13H,1-2H2,(H,7,8)(H,9,10)(H,11,12). The molecule has 2 aliphatic heterocycles. The summed E-state index contributed by atoms with van der Waals surface area (Å²) in [6.45, 7) is 9.68. The normalized spacial score (nSPS) is 16.4. The molecule has 230 valence electrons. The van der Waals surface area contributed by atoms with Crippen molar-refractivity contribution in [2.24, 2.45) is 0 Å². The third-order valence-electron chi connectivity index (χ3n) is 7.06. The van der Waals surface area contributed by atoms with Gasteiger partial charge >= 0.3 is 17.9 Å². The molecule has 0 saturated carbocycles. The number of pyridine rings is 1. The van der Waals surface area contributed by atoms with Gasteiger partial charge in [-0.1, -0.05) is 6.07 Å². The smallest absolute Gasteiger partial charge is 0.336 e. The molecule has 0 bridgehead atoms. The number of piperidine rings is 1. The van der Waals surface area contributed by atoms with Crippen LogP contribution in [0.2, 0.25) is 0 Å². The number of nitrogens with one attached hydrogen (secondary N) is 1. The molecule has 2 saturated heterocycles. The average Bonchev–Trinajstić information content (AvgIpc) is 3.40. The highest BCUT2D eigenvalue weighted by atomic mass is 32.1. The lowest BCUT2D eigenvalue weighted by molar-refractivity contribution is -0.170. The molecule has 0 unspecified atom stereocenters. The molecule has 0 aliphatic carbocycles. The van der Waals surface area contributed by atoms with Gasteiger partial charge in [-0.05, 0) is 44.9 Å². The molecule has 0 radical (unpaired) electrons. The van der Waals surface area contributed by atoms with Gasteiger partial charge in [0.2, 0.25) is 0 Å². The number of hydrogen-bond donors (Lipinski definition) is 5. The van der Waals surface area contributed by atoms with Crippen LogP contribution in [0.1, 0.15) is 49.2 Å². The monoisotopic (exact) mass is 606 g/mol. The lowest BCUT2D eigenvalue weighted by Gasteiger charge is -2.34. The minimum atomic E-state index is -2.74. The zero-order chi connectivity index (χ0) is 30.9. The highest BCUT2D eigenvalue weighted by Crippen LogP contribution is 2.38. The Hall–Kier alpha value is -3.59. The highest BCUT2D eigenvalue weighted by Gasteiger charge is 2.40. The minimum Gasteiger partial charge on any atom is -0.481 e. The van der Waals surface area contributed by atoms with Crippen molar-refractivity contribution >= 4 is 40.2 Å². The first-order valence-electron chi connectivity index (χ1n) is 13.7. The summed E-state index contributed by atoms with van der Waals surface area (Å²) in [7, 11) is 0. The number of ether oxygens (including phenoxy) is 1. The molecule has 5 N–H and O–H groups in total. The largest absolute Gasteiger partial charge is 0.481 e. The zero-order valence-electron chi connectivity index (χ0n) is 23.7. The van der Waals surface area contributed by atoms with Crippen LogP contribution in [0.5, 0.6) is 0 Å². The average molecular weight is 607 g/mol. The number of nitrogens with zero attached hydrogens (tertiary/aromatic N) is 3. The number of likely N-dealkylation sites (tertiary alicyclic amines) is 1. The molecular weight excluding hydrogens is 568 g/mol. The van der Waals surface area contributed by atoms with Gasteiger partial charge in [-0.2, -0.15) is 0 Å². The van der Waals surface area contributed by atoms with Crippen molar-refractivity contribution in [3.63, 3.8) is 0 Å². The van der Waals surface area contributed by atoms with E-state index in [2.05, 4.69) is 33.9 Å². The van der Waals surface area contributed by atoms with Crippen molar-refractivity contribution < 1.29 is 44.3 Å². The van der Waals surface area contributed by atoms with Crippen molar-refractivity contribution in [2.45, 2.75) is 57.2 Å². The van der Waals surface area contributed by atoms with Crippen LogP contribution in [-0.2, 0) is 19.1 Å². The zero-order valence-corrected chi connectivity index (χ0v) is 24.5. The van der Waals surface area contributed by atoms with E-state index in [9.17, 15) is 19.2 Å². The Morgan fingerprint density at radius 3 is 2.17 bits per heavy atom. The van der Waals surface area contributed by atoms with Crippen LogP contribution in [-0.4, -0.2) is 111 Å². The van der Waals surface area contributed by atoms with Crippen molar-refractivity contribution in [1.82, 2.24) is 15.2 Å². The number of morpholine rings is 1. The number of aromatic nitrogens is 1.